The second-order valence-electron chi connectivity index (χ2n) is 5.49. The molecule has 0 fully saturated rings. The summed E-state index contributed by atoms with van der Waals surface area (Å²) in [5.41, 5.74) is 2.99. The summed E-state index contributed by atoms with van der Waals surface area (Å²) in [5, 5.41) is 13.5. The number of hydroxylamine groups is 1. The zero-order valence-electron chi connectivity index (χ0n) is 13.8. The molecule has 3 N–H and O–H groups in total. The van der Waals surface area contributed by atoms with Gasteiger partial charge in [0.25, 0.3) is 5.91 Å². The van der Waals surface area contributed by atoms with E-state index in [-0.39, 0.29) is 10.9 Å². The first-order valence-electron chi connectivity index (χ1n) is 7.97. The van der Waals surface area contributed by atoms with Crippen LogP contribution in [-0.4, -0.2) is 34.2 Å². The maximum Gasteiger partial charge on any atom is 0.270 e. The smallest absolute Gasteiger partial charge is 0.270 e. The molecule has 0 spiro atoms. The second kappa shape index (κ2) is 8.37. The molecule has 3 aromatic rings. The fourth-order valence-corrected chi connectivity index (χ4v) is 2.53. The third-order valence-electron chi connectivity index (χ3n) is 3.74. The van der Waals surface area contributed by atoms with Crippen LogP contribution in [-0.2, 0) is 0 Å². The molecule has 1 amide bonds. The van der Waals surface area contributed by atoms with Crippen molar-refractivity contribution >= 4 is 33.9 Å². The Kier molecular flexibility index (Phi) is 5.73. The van der Waals surface area contributed by atoms with E-state index in [0.29, 0.717) is 30.2 Å². The summed E-state index contributed by atoms with van der Waals surface area (Å²) < 4.78 is 5.57. The molecule has 3 rings (SSSR count). The van der Waals surface area contributed by atoms with E-state index in [0.717, 1.165) is 10.8 Å². The van der Waals surface area contributed by atoms with Gasteiger partial charge in [-0.25, -0.2) is 0 Å². The number of benzene rings is 2. The molecule has 0 bridgehead atoms. The van der Waals surface area contributed by atoms with E-state index in [1.165, 1.54) is 0 Å². The highest BCUT2D eigenvalue weighted by atomic mass is 32.1. The molecule has 132 valence electrons. The van der Waals surface area contributed by atoms with Gasteiger partial charge in [0.15, 0.2) is 0 Å². The molecule has 0 aliphatic rings. The summed E-state index contributed by atoms with van der Waals surface area (Å²) in [6.45, 7) is 0.674. The first-order chi connectivity index (χ1) is 12.7. The number of carbonyl (C=O) groups excluding carboxylic acids is 1. The predicted octanol–water partition coefficient (Wildman–Crippen LogP) is 2.70. The number of nitrogens with zero attached hydrogens (tertiary/aromatic N) is 1. The van der Waals surface area contributed by atoms with Crippen molar-refractivity contribution in [2.75, 3.05) is 13.2 Å². The number of thiocarbonyl (C=S) groups is 1. The molecule has 0 unspecified atom stereocenters. The van der Waals surface area contributed by atoms with Crippen LogP contribution >= 0.6 is 12.2 Å². The molecule has 0 saturated carbocycles. The number of hydrogen-bond acceptors (Lipinski definition) is 5. The number of rotatable bonds is 6. The van der Waals surface area contributed by atoms with Crippen molar-refractivity contribution in [3.8, 4) is 5.75 Å². The van der Waals surface area contributed by atoms with E-state index in [4.69, 9.17) is 22.2 Å². The van der Waals surface area contributed by atoms with Gasteiger partial charge in [-0.2, -0.15) is 0 Å². The molecule has 0 aliphatic carbocycles. The number of carbonyl (C=O) groups is 1. The molecular formula is C19H17N3O3S. The highest BCUT2D eigenvalue weighted by molar-refractivity contribution is 7.80. The SMILES string of the molecule is O=C(NCCOc1ccc(C(=S)NO)cc1)c1cc2ccccc2cn1. The van der Waals surface area contributed by atoms with Gasteiger partial charge in [-0.1, -0.05) is 36.5 Å². The number of fused-ring (bicyclic) bond motifs is 1. The lowest BCUT2D eigenvalue weighted by Crippen LogP contribution is -2.28. The number of amides is 1. The van der Waals surface area contributed by atoms with E-state index in [9.17, 15) is 4.79 Å². The van der Waals surface area contributed by atoms with Gasteiger partial charge in [-0.3, -0.25) is 20.5 Å². The van der Waals surface area contributed by atoms with E-state index >= 15 is 0 Å². The summed E-state index contributed by atoms with van der Waals surface area (Å²) in [7, 11) is 0. The van der Waals surface area contributed by atoms with Crippen molar-refractivity contribution in [1.82, 2.24) is 15.8 Å². The lowest BCUT2D eigenvalue weighted by molar-refractivity contribution is 0.0942. The van der Waals surface area contributed by atoms with Crippen LogP contribution in [0.25, 0.3) is 10.8 Å². The summed E-state index contributed by atoms with van der Waals surface area (Å²) in [5.74, 6) is 0.404. The van der Waals surface area contributed by atoms with Crippen LogP contribution < -0.4 is 15.5 Å². The van der Waals surface area contributed by atoms with Crippen molar-refractivity contribution in [3.63, 3.8) is 0 Å². The minimum atomic E-state index is -0.242. The minimum absolute atomic E-state index is 0.242. The average Bonchev–Trinajstić information content (AvgIpc) is 2.70. The molecule has 0 saturated heterocycles. The van der Waals surface area contributed by atoms with Crippen LogP contribution in [0.2, 0.25) is 0 Å². The van der Waals surface area contributed by atoms with Crippen molar-refractivity contribution in [2.24, 2.45) is 0 Å². The second-order valence-corrected chi connectivity index (χ2v) is 5.89. The molecule has 0 atom stereocenters. The van der Waals surface area contributed by atoms with Gasteiger partial charge < -0.3 is 10.1 Å². The zero-order chi connectivity index (χ0) is 18.4. The minimum Gasteiger partial charge on any atom is -0.492 e. The Hall–Kier alpha value is -3.03. The topological polar surface area (TPSA) is 83.5 Å². The monoisotopic (exact) mass is 367 g/mol. The van der Waals surface area contributed by atoms with Crippen molar-refractivity contribution in [2.45, 2.75) is 0 Å². The highest BCUT2D eigenvalue weighted by Crippen LogP contribution is 2.14. The largest absolute Gasteiger partial charge is 0.492 e. The number of ether oxygens (including phenoxy) is 1. The molecule has 6 nitrogen and oxygen atoms in total. The third kappa shape index (κ3) is 4.33. The Morgan fingerprint density at radius 3 is 2.58 bits per heavy atom. The Balaban J connectivity index is 1.49. The van der Waals surface area contributed by atoms with Crippen LogP contribution in [0.1, 0.15) is 16.1 Å². The van der Waals surface area contributed by atoms with E-state index < -0.39 is 0 Å². The van der Waals surface area contributed by atoms with Gasteiger partial charge in [-0.15, -0.1) is 0 Å². The zero-order valence-corrected chi connectivity index (χ0v) is 14.6. The van der Waals surface area contributed by atoms with Gasteiger partial charge in [0.05, 0.1) is 6.54 Å². The number of nitrogens with one attached hydrogen (secondary N) is 2. The molecule has 1 heterocycles. The Bertz CT molecular complexity index is 929. The summed E-state index contributed by atoms with van der Waals surface area (Å²) >= 11 is 4.92. The van der Waals surface area contributed by atoms with Crippen LogP contribution in [0.5, 0.6) is 5.75 Å². The fourth-order valence-electron chi connectivity index (χ4n) is 2.40. The van der Waals surface area contributed by atoms with Gasteiger partial charge in [0.2, 0.25) is 0 Å². The number of aromatic nitrogens is 1. The summed E-state index contributed by atoms with van der Waals surface area (Å²) in [6.07, 6.45) is 1.69. The summed E-state index contributed by atoms with van der Waals surface area (Å²) in [4.78, 5) is 16.6. The van der Waals surface area contributed by atoms with Crippen LogP contribution in [0.4, 0.5) is 0 Å². The molecule has 1 aromatic heterocycles. The Labute approximate surface area is 155 Å². The predicted molar refractivity (Wildman–Crippen MR) is 103 cm³/mol. The quantitative estimate of drug-likeness (QED) is 0.353. The molecule has 26 heavy (non-hydrogen) atoms. The van der Waals surface area contributed by atoms with E-state index in [2.05, 4.69) is 10.3 Å². The molecule has 0 aliphatic heterocycles. The fraction of sp³-hybridized carbons (Fsp3) is 0.105. The van der Waals surface area contributed by atoms with Gasteiger partial charge in [-0.05, 0) is 35.7 Å². The highest BCUT2D eigenvalue weighted by Gasteiger charge is 2.07. The average molecular weight is 367 g/mol. The first-order valence-corrected chi connectivity index (χ1v) is 8.38. The van der Waals surface area contributed by atoms with Gasteiger partial charge in [0.1, 0.15) is 23.0 Å². The Morgan fingerprint density at radius 1 is 1.12 bits per heavy atom. The van der Waals surface area contributed by atoms with E-state index in [1.807, 2.05) is 29.7 Å². The lowest BCUT2D eigenvalue weighted by Gasteiger charge is -2.09. The normalized spacial score (nSPS) is 10.3. The van der Waals surface area contributed by atoms with Crippen LogP contribution in [0, 0.1) is 0 Å². The molecular weight excluding hydrogens is 350 g/mol. The van der Waals surface area contributed by atoms with E-state index in [1.54, 1.807) is 36.5 Å². The number of hydrogen-bond donors (Lipinski definition) is 3. The first kappa shape index (κ1) is 17.8. The van der Waals surface area contributed by atoms with Crippen molar-refractivity contribution in [1.29, 1.82) is 0 Å². The standard InChI is InChI=1S/C19H17N3O3S/c23-18(17-11-14-3-1-2-4-15(14)12-21-17)20-9-10-25-16-7-5-13(6-8-16)19(26)22-24/h1-8,11-12,24H,9-10H2,(H,20,23)(H,22,26). The van der Waals surface area contributed by atoms with Gasteiger partial charge in [0, 0.05) is 17.1 Å². The third-order valence-corrected chi connectivity index (χ3v) is 4.06. The molecule has 0 radical (unpaired) electrons. The maximum absolute atomic E-state index is 12.2. The maximum atomic E-state index is 12.2. The van der Waals surface area contributed by atoms with Crippen molar-refractivity contribution in [3.05, 3.63) is 72.1 Å². The number of pyridine rings is 1. The molecule has 7 heteroatoms. The van der Waals surface area contributed by atoms with Gasteiger partial charge >= 0.3 is 0 Å². The Morgan fingerprint density at radius 2 is 1.85 bits per heavy atom. The molecule has 2 aromatic carbocycles. The lowest BCUT2D eigenvalue weighted by atomic mass is 10.1. The van der Waals surface area contributed by atoms with Crippen molar-refractivity contribution < 1.29 is 14.7 Å². The van der Waals surface area contributed by atoms with Crippen LogP contribution in [0.3, 0.4) is 0 Å². The van der Waals surface area contributed by atoms with Crippen LogP contribution in [0.15, 0.2) is 60.8 Å². The summed E-state index contributed by atoms with van der Waals surface area (Å²) in [6, 6.07) is 16.5.